The quantitative estimate of drug-likeness (QED) is 0.710. The van der Waals surface area contributed by atoms with Crippen molar-refractivity contribution in [3.63, 3.8) is 0 Å². The molecule has 0 amide bonds. The third-order valence-electron chi connectivity index (χ3n) is 3.37. The van der Waals surface area contributed by atoms with Gasteiger partial charge in [0.15, 0.2) is 0 Å². The van der Waals surface area contributed by atoms with Crippen LogP contribution in [0.2, 0.25) is 5.02 Å². The molecule has 7 heteroatoms. The van der Waals surface area contributed by atoms with Crippen LogP contribution in [0.3, 0.4) is 0 Å². The molecule has 3 aromatic rings. The van der Waals surface area contributed by atoms with Gasteiger partial charge in [0.2, 0.25) is 0 Å². The van der Waals surface area contributed by atoms with E-state index in [1.165, 1.54) is 18.3 Å². The van der Waals surface area contributed by atoms with Gasteiger partial charge < -0.3 is 4.74 Å². The molecule has 0 bridgehead atoms. The second-order valence-electron chi connectivity index (χ2n) is 4.84. The molecule has 0 aliphatic carbocycles. The largest absolute Gasteiger partial charge is 0.492 e. The Bertz CT molecular complexity index is 965. The maximum atomic E-state index is 13.0. The lowest BCUT2D eigenvalue weighted by molar-refractivity contribution is 0.344. The summed E-state index contributed by atoms with van der Waals surface area (Å²) in [4.78, 5) is -0.00574. The third-order valence-corrected chi connectivity index (χ3v) is 5.29. The average Bonchev–Trinajstić information content (AvgIpc) is 2.87. The molecular weight excluding hydrogens is 341 g/mol. The van der Waals surface area contributed by atoms with Crippen LogP contribution < -0.4 is 4.74 Å². The van der Waals surface area contributed by atoms with Gasteiger partial charge in [-0.2, -0.15) is 0 Å². The predicted octanol–water partition coefficient (Wildman–Crippen LogP) is 4.07. The molecule has 3 rings (SSSR count). The van der Waals surface area contributed by atoms with Crippen molar-refractivity contribution in [2.75, 3.05) is 6.61 Å². The average molecular weight is 354 g/mol. The zero-order valence-electron chi connectivity index (χ0n) is 12.2. The third kappa shape index (κ3) is 2.80. The number of fused-ring (bicyclic) bond motifs is 1. The summed E-state index contributed by atoms with van der Waals surface area (Å²) in [5.41, 5.74) is 0.446. The van der Waals surface area contributed by atoms with Crippen LogP contribution >= 0.6 is 11.6 Å². The minimum atomic E-state index is -3.87. The number of ether oxygens (including phenoxy) is 1. The summed E-state index contributed by atoms with van der Waals surface area (Å²) >= 11 is 5.99. The second kappa shape index (κ2) is 5.86. The van der Waals surface area contributed by atoms with Crippen molar-refractivity contribution in [3.05, 3.63) is 59.5 Å². The van der Waals surface area contributed by atoms with E-state index in [1.807, 2.05) is 6.92 Å². The molecular formula is C16H13ClFNO3S. The van der Waals surface area contributed by atoms with Gasteiger partial charge >= 0.3 is 0 Å². The highest BCUT2D eigenvalue weighted by molar-refractivity contribution is 7.90. The van der Waals surface area contributed by atoms with E-state index in [1.54, 1.807) is 18.2 Å². The Morgan fingerprint density at radius 1 is 1.17 bits per heavy atom. The van der Waals surface area contributed by atoms with Crippen molar-refractivity contribution in [1.29, 1.82) is 0 Å². The number of halogens is 2. The second-order valence-corrected chi connectivity index (χ2v) is 7.09. The van der Waals surface area contributed by atoms with Crippen LogP contribution in [-0.4, -0.2) is 19.0 Å². The summed E-state index contributed by atoms with van der Waals surface area (Å²) in [7, 11) is -3.87. The topological polar surface area (TPSA) is 48.3 Å². The zero-order chi connectivity index (χ0) is 16.6. The van der Waals surface area contributed by atoms with Gasteiger partial charge in [-0.25, -0.2) is 16.8 Å². The van der Waals surface area contributed by atoms with Crippen molar-refractivity contribution in [2.45, 2.75) is 11.8 Å². The molecule has 0 saturated heterocycles. The van der Waals surface area contributed by atoms with Gasteiger partial charge in [0.25, 0.3) is 10.0 Å². The molecule has 2 aromatic carbocycles. The zero-order valence-corrected chi connectivity index (χ0v) is 13.7. The first-order valence-corrected chi connectivity index (χ1v) is 8.70. The highest BCUT2D eigenvalue weighted by Crippen LogP contribution is 2.33. The summed E-state index contributed by atoms with van der Waals surface area (Å²) in [5, 5.41) is 1.08. The molecule has 0 spiro atoms. The minimum absolute atomic E-state index is 0.00574. The van der Waals surface area contributed by atoms with Crippen LogP contribution in [-0.2, 0) is 10.0 Å². The van der Waals surface area contributed by atoms with Crippen LogP contribution in [0.15, 0.2) is 53.6 Å². The molecule has 23 heavy (non-hydrogen) atoms. The maximum Gasteiger partial charge on any atom is 0.268 e. The van der Waals surface area contributed by atoms with Gasteiger partial charge in [0.1, 0.15) is 11.6 Å². The van der Waals surface area contributed by atoms with Crippen molar-refractivity contribution >= 4 is 32.5 Å². The molecule has 0 N–H and O–H groups in total. The lowest BCUT2D eigenvalue weighted by atomic mass is 10.2. The highest BCUT2D eigenvalue weighted by atomic mass is 35.5. The fourth-order valence-electron chi connectivity index (χ4n) is 2.33. The summed E-state index contributed by atoms with van der Waals surface area (Å²) in [6.07, 6.45) is 1.41. The van der Waals surface area contributed by atoms with E-state index in [4.69, 9.17) is 16.3 Å². The van der Waals surface area contributed by atoms with E-state index in [-0.39, 0.29) is 4.90 Å². The fraction of sp³-hybridized carbons (Fsp3) is 0.125. The van der Waals surface area contributed by atoms with Crippen molar-refractivity contribution < 1.29 is 17.5 Å². The number of aromatic nitrogens is 1. The molecule has 0 unspecified atom stereocenters. The van der Waals surface area contributed by atoms with Crippen molar-refractivity contribution in [3.8, 4) is 5.75 Å². The number of rotatable bonds is 4. The lowest BCUT2D eigenvalue weighted by Gasteiger charge is -2.07. The van der Waals surface area contributed by atoms with Crippen LogP contribution in [0.25, 0.3) is 10.9 Å². The molecule has 1 heterocycles. The molecule has 0 radical (unpaired) electrons. The smallest absolute Gasteiger partial charge is 0.268 e. The van der Waals surface area contributed by atoms with E-state index in [2.05, 4.69) is 0 Å². The SMILES string of the molecule is CCOc1cn(S(=O)(=O)c2ccc(F)cc2)c2ccc(Cl)cc12. The highest BCUT2D eigenvalue weighted by Gasteiger charge is 2.22. The number of hydrogen-bond acceptors (Lipinski definition) is 3. The lowest BCUT2D eigenvalue weighted by Crippen LogP contribution is -2.11. The molecule has 4 nitrogen and oxygen atoms in total. The number of hydrogen-bond donors (Lipinski definition) is 0. The first-order valence-electron chi connectivity index (χ1n) is 6.88. The van der Waals surface area contributed by atoms with E-state index < -0.39 is 15.8 Å². The molecule has 0 saturated carbocycles. The Morgan fingerprint density at radius 3 is 2.52 bits per heavy atom. The van der Waals surface area contributed by atoms with E-state index in [9.17, 15) is 12.8 Å². The summed E-state index contributed by atoms with van der Waals surface area (Å²) in [6.45, 7) is 2.20. The maximum absolute atomic E-state index is 13.0. The van der Waals surface area contributed by atoms with E-state index in [0.29, 0.717) is 28.3 Å². The Kier molecular flexibility index (Phi) is 4.04. The molecule has 120 valence electrons. The first-order chi connectivity index (χ1) is 10.9. The van der Waals surface area contributed by atoms with Crippen LogP contribution in [0.1, 0.15) is 6.92 Å². The fourth-order valence-corrected chi connectivity index (χ4v) is 3.86. The number of benzene rings is 2. The summed E-state index contributed by atoms with van der Waals surface area (Å²) < 4.78 is 45.3. The van der Waals surface area contributed by atoms with E-state index >= 15 is 0 Å². The van der Waals surface area contributed by atoms with Gasteiger partial charge in [-0.3, -0.25) is 0 Å². The Hall–Kier alpha value is -2.05. The molecule has 0 aliphatic heterocycles. The Morgan fingerprint density at radius 2 is 1.87 bits per heavy atom. The Labute approximate surface area is 138 Å². The van der Waals surface area contributed by atoms with Crippen LogP contribution in [0.5, 0.6) is 5.75 Å². The van der Waals surface area contributed by atoms with Gasteiger partial charge in [-0.1, -0.05) is 11.6 Å². The molecule has 0 atom stereocenters. The van der Waals surface area contributed by atoms with Crippen molar-refractivity contribution in [1.82, 2.24) is 3.97 Å². The minimum Gasteiger partial charge on any atom is -0.492 e. The first kappa shape index (κ1) is 15.8. The Balaban J connectivity index is 2.25. The summed E-state index contributed by atoms with van der Waals surface area (Å²) in [5.74, 6) is -0.0706. The van der Waals surface area contributed by atoms with Gasteiger partial charge in [-0.05, 0) is 49.4 Å². The van der Waals surface area contributed by atoms with Gasteiger partial charge in [0.05, 0.1) is 23.2 Å². The summed E-state index contributed by atoms with van der Waals surface area (Å²) in [6, 6.07) is 9.55. The van der Waals surface area contributed by atoms with Gasteiger partial charge in [-0.15, -0.1) is 0 Å². The van der Waals surface area contributed by atoms with Crippen LogP contribution in [0, 0.1) is 5.82 Å². The standard InChI is InChI=1S/C16H13ClFNO3S/c1-2-22-16-10-19(15-8-3-11(17)9-14(15)16)23(20,21)13-6-4-12(18)5-7-13/h3-10H,2H2,1H3. The normalized spacial score (nSPS) is 11.8. The van der Waals surface area contributed by atoms with Crippen LogP contribution in [0.4, 0.5) is 4.39 Å². The van der Waals surface area contributed by atoms with Gasteiger partial charge in [0, 0.05) is 10.4 Å². The molecule has 0 fully saturated rings. The monoisotopic (exact) mass is 353 g/mol. The molecule has 0 aliphatic rings. The van der Waals surface area contributed by atoms with Crippen molar-refractivity contribution in [2.24, 2.45) is 0 Å². The number of nitrogens with zero attached hydrogens (tertiary/aromatic N) is 1. The molecule has 1 aromatic heterocycles. The predicted molar refractivity (Wildman–Crippen MR) is 87.1 cm³/mol. The van der Waals surface area contributed by atoms with E-state index in [0.717, 1.165) is 16.1 Å².